The van der Waals surface area contributed by atoms with Crippen molar-refractivity contribution in [3.05, 3.63) is 40.2 Å². The lowest BCUT2D eigenvalue weighted by Gasteiger charge is -2.56. The molecular formula is C20H26N2OS. The number of furan rings is 1. The first-order valence-electron chi connectivity index (χ1n) is 9.42. The van der Waals surface area contributed by atoms with Crippen molar-refractivity contribution in [1.29, 1.82) is 0 Å². The van der Waals surface area contributed by atoms with Crippen molar-refractivity contribution >= 4 is 11.3 Å². The van der Waals surface area contributed by atoms with Crippen LogP contribution in [-0.4, -0.2) is 4.98 Å². The largest absolute Gasteiger partial charge is 0.468 e. The molecule has 2 aromatic rings. The molecule has 3 nitrogen and oxygen atoms in total. The highest BCUT2D eigenvalue weighted by Crippen LogP contribution is 2.61. The third-order valence-corrected chi connectivity index (χ3v) is 7.74. The minimum atomic E-state index is 0.227. The fourth-order valence-electron chi connectivity index (χ4n) is 5.90. The van der Waals surface area contributed by atoms with Gasteiger partial charge in [-0.1, -0.05) is 0 Å². The number of hydrogen-bond acceptors (Lipinski definition) is 4. The fraction of sp³-hybridized carbons (Fsp3) is 0.650. The second-order valence-corrected chi connectivity index (χ2v) is 9.32. The van der Waals surface area contributed by atoms with Crippen LogP contribution in [0.4, 0.5) is 0 Å². The zero-order valence-electron chi connectivity index (χ0n) is 14.3. The van der Waals surface area contributed by atoms with Gasteiger partial charge in [-0.25, -0.2) is 4.98 Å². The molecular weight excluding hydrogens is 316 g/mol. The summed E-state index contributed by atoms with van der Waals surface area (Å²) in [6.45, 7) is 2.97. The monoisotopic (exact) mass is 342 g/mol. The van der Waals surface area contributed by atoms with Crippen LogP contribution in [-0.2, 0) is 12.0 Å². The molecule has 0 aromatic carbocycles. The number of thiazole rings is 1. The van der Waals surface area contributed by atoms with E-state index in [2.05, 4.69) is 17.6 Å². The summed E-state index contributed by atoms with van der Waals surface area (Å²) in [5, 5.41) is 7.25. The van der Waals surface area contributed by atoms with Gasteiger partial charge in [0.1, 0.15) is 5.76 Å². The van der Waals surface area contributed by atoms with Crippen LogP contribution in [0.5, 0.6) is 0 Å². The Bertz CT molecular complexity index is 670. The van der Waals surface area contributed by atoms with Gasteiger partial charge in [0.25, 0.3) is 0 Å². The Kier molecular flexibility index (Phi) is 3.60. The molecule has 1 atom stereocenters. The summed E-state index contributed by atoms with van der Waals surface area (Å²) in [6, 6.07) is 4.20. The minimum absolute atomic E-state index is 0.227. The van der Waals surface area contributed by atoms with Crippen LogP contribution >= 0.6 is 11.3 Å². The third-order valence-electron chi connectivity index (χ3n) is 6.60. The predicted molar refractivity (Wildman–Crippen MR) is 95.9 cm³/mol. The van der Waals surface area contributed by atoms with E-state index in [1.165, 1.54) is 49.2 Å². The highest BCUT2D eigenvalue weighted by Gasteiger charge is 2.52. The molecule has 24 heavy (non-hydrogen) atoms. The van der Waals surface area contributed by atoms with E-state index >= 15 is 0 Å². The lowest BCUT2D eigenvalue weighted by molar-refractivity contribution is -0.00534. The van der Waals surface area contributed by atoms with Gasteiger partial charge in [-0.15, -0.1) is 11.3 Å². The van der Waals surface area contributed by atoms with E-state index in [1.807, 2.05) is 23.5 Å². The molecule has 4 saturated carbocycles. The zero-order valence-corrected chi connectivity index (χ0v) is 15.1. The summed E-state index contributed by atoms with van der Waals surface area (Å²) in [7, 11) is 0. The second-order valence-electron chi connectivity index (χ2n) is 8.46. The maximum absolute atomic E-state index is 5.47. The average Bonchev–Trinajstić information content (AvgIpc) is 3.23. The van der Waals surface area contributed by atoms with E-state index < -0.39 is 0 Å². The molecule has 0 radical (unpaired) electrons. The standard InChI is InChI=1S/C20H26N2OS/c1-13(18-3-2-4-23-18)21-11-17-12-24-19(22-17)20-8-14-5-15(9-20)7-16(6-14)10-20/h2-4,12-16,21H,5-11H2,1H3/t13-,14?,15?,16?,20?/m0/s1. The number of hydrogen-bond donors (Lipinski definition) is 1. The molecule has 0 unspecified atom stereocenters. The summed E-state index contributed by atoms with van der Waals surface area (Å²) in [6.07, 6.45) is 10.5. The quantitative estimate of drug-likeness (QED) is 0.826. The van der Waals surface area contributed by atoms with E-state index in [9.17, 15) is 0 Å². The highest BCUT2D eigenvalue weighted by atomic mass is 32.1. The van der Waals surface area contributed by atoms with Crippen LogP contribution in [0.2, 0.25) is 0 Å². The van der Waals surface area contributed by atoms with Crippen LogP contribution in [0.3, 0.4) is 0 Å². The smallest absolute Gasteiger partial charge is 0.120 e. The van der Waals surface area contributed by atoms with Crippen molar-refractivity contribution in [2.24, 2.45) is 17.8 Å². The Morgan fingerprint density at radius 3 is 2.58 bits per heavy atom. The lowest BCUT2D eigenvalue weighted by Crippen LogP contribution is -2.48. The molecule has 4 bridgehead atoms. The van der Waals surface area contributed by atoms with E-state index in [4.69, 9.17) is 9.40 Å². The van der Waals surface area contributed by atoms with Gasteiger partial charge in [-0.2, -0.15) is 0 Å². The molecule has 0 saturated heterocycles. The molecule has 6 rings (SSSR count). The number of nitrogens with one attached hydrogen (secondary N) is 1. The number of aromatic nitrogens is 1. The Hall–Kier alpha value is -1.13. The molecule has 0 amide bonds. The van der Waals surface area contributed by atoms with Crippen LogP contribution in [0, 0.1) is 17.8 Å². The van der Waals surface area contributed by atoms with Crippen molar-refractivity contribution < 1.29 is 4.42 Å². The Morgan fingerprint density at radius 2 is 1.96 bits per heavy atom. The number of nitrogens with zero attached hydrogens (tertiary/aromatic N) is 1. The maximum Gasteiger partial charge on any atom is 0.120 e. The van der Waals surface area contributed by atoms with Gasteiger partial charge in [-0.05, 0) is 75.3 Å². The van der Waals surface area contributed by atoms with Gasteiger partial charge >= 0.3 is 0 Å². The van der Waals surface area contributed by atoms with Crippen LogP contribution in [0.15, 0.2) is 28.2 Å². The first-order valence-corrected chi connectivity index (χ1v) is 10.3. The van der Waals surface area contributed by atoms with E-state index in [1.54, 1.807) is 6.26 Å². The van der Waals surface area contributed by atoms with Gasteiger partial charge in [0.15, 0.2) is 0 Å². The molecule has 2 aromatic heterocycles. The molecule has 2 heterocycles. The van der Waals surface area contributed by atoms with Gasteiger partial charge in [-0.3, -0.25) is 0 Å². The number of rotatable bonds is 5. The Labute approximate surface area is 147 Å². The molecule has 4 aliphatic carbocycles. The van der Waals surface area contributed by atoms with Crippen molar-refractivity contribution in [2.75, 3.05) is 0 Å². The van der Waals surface area contributed by atoms with Crippen molar-refractivity contribution in [3.63, 3.8) is 0 Å². The molecule has 1 N–H and O–H groups in total. The molecule has 4 fully saturated rings. The topological polar surface area (TPSA) is 38.1 Å². The average molecular weight is 343 g/mol. The summed E-state index contributed by atoms with van der Waals surface area (Å²) in [5.41, 5.74) is 1.63. The van der Waals surface area contributed by atoms with Crippen molar-refractivity contribution in [3.8, 4) is 0 Å². The Balaban J connectivity index is 1.29. The maximum atomic E-state index is 5.47. The lowest BCUT2D eigenvalue weighted by atomic mass is 9.50. The summed E-state index contributed by atoms with van der Waals surface area (Å²) in [4.78, 5) is 5.08. The molecule has 4 aliphatic rings. The fourth-order valence-corrected chi connectivity index (χ4v) is 6.95. The molecule has 128 valence electrons. The predicted octanol–water partition coefficient (Wildman–Crippen LogP) is 5.05. The summed E-state index contributed by atoms with van der Waals surface area (Å²) < 4.78 is 5.47. The normalized spacial score (nSPS) is 35.5. The summed E-state index contributed by atoms with van der Waals surface area (Å²) >= 11 is 1.91. The van der Waals surface area contributed by atoms with Crippen LogP contribution in [0.1, 0.15) is 68.0 Å². The molecule has 0 spiro atoms. The van der Waals surface area contributed by atoms with E-state index in [-0.39, 0.29) is 6.04 Å². The highest BCUT2D eigenvalue weighted by molar-refractivity contribution is 7.09. The van der Waals surface area contributed by atoms with Gasteiger partial charge < -0.3 is 9.73 Å². The summed E-state index contributed by atoms with van der Waals surface area (Å²) in [5.74, 6) is 3.95. The SMILES string of the molecule is C[C@H](NCc1csc(C23CC4CC(CC(C4)C2)C3)n1)c1ccco1. The molecule has 4 heteroatoms. The van der Waals surface area contributed by atoms with Gasteiger partial charge in [0.05, 0.1) is 23.0 Å². The first kappa shape index (κ1) is 15.2. The third kappa shape index (κ3) is 2.55. The van der Waals surface area contributed by atoms with Gasteiger partial charge in [0.2, 0.25) is 0 Å². The second kappa shape index (κ2) is 5.70. The first-order chi connectivity index (χ1) is 11.7. The van der Waals surface area contributed by atoms with Crippen molar-refractivity contribution in [2.45, 2.75) is 63.5 Å². The minimum Gasteiger partial charge on any atom is -0.468 e. The molecule has 0 aliphatic heterocycles. The zero-order chi connectivity index (χ0) is 16.1. The van der Waals surface area contributed by atoms with Crippen molar-refractivity contribution in [1.82, 2.24) is 10.3 Å². The van der Waals surface area contributed by atoms with Gasteiger partial charge in [0, 0.05) is 17.3 Å². The van der Waals surface area contributed by atoms with Crippen LogP contribution in [0.25, 0.3) is 0 Å². The van der Waals surface area contributed by atoms with E-state index in [0.717, 1.165) is 30.1 Å². The van der Waals surface area contributed by atoms with E-state index in [0.29, 0.717) is 5.41 Å². The van der Waals surface area contributed by atoms with Crippen LogP contribution < -0.4 is 5.32 Å². The Morgan fingerprint density at radius 1 is 1.25 bits per heavy atom.